The Hall–Kier alpha value is -12.2. The van der Waals surface area contributed by atoms with Crippen LogP contribution in [0.2, 0.25) is 15.9 Å². The van der Waals surface area contributed by atoms with E-state index < -0.39 is 17.2 Å². The number of aromatic hydroxyl groups is 3. The van der Waals surface area contributed by atoms with Crippen molar-refractivity contribution in [2.24, 2.45) is 0 Å². The van der Waals surface area contributed by atoms with Gasteiger partial charge in [-0.3, -0.25) is 4.79 Å². The third kappa shape index (κ3) is 29.9. The number of aromatic nitrogens is 9. The Morgan fingerprint density at radius 2 is 0.683 bits per heavy atom. The summed E-state index contributed by atoms with van der Waals surface area (Å²) in [7, 11) is 4.86. The Morgan fingerprint density at radius 1 is 0.385 bits per heavy atom. The maximum Gasteiger partial charge on any atom is 0.338 e. The average Bonchev–Trinajstić information content (AvgIpc) is 0.829. The van der Waals surface area contributed by atoms with Gasteiger partial charge in [0.1, 0.15) is 69.3 Å². The number of anilines is 6. The van der Waals surface area contributed by atoms with Gasteiger partial charge in [0.2, 0.25) is 33.0 Å². The van der Waals surface area contributed by atoms with Crippen LogP contribution in [0.3, 0.4) is 0 Å². The summed E-state index contributed by atoms with van der Waals surface area (Å²) in [6, 6.07) is 57.0. The normalized spacial score (nSPS) is 10.0. The number of hydrogen-bond acceptors (Lipinski definition) is 24. The lowest BCUT2D eigenvalue weighted by Gasteiger charge is -2.11. The Bertz CT molecular complexity index is 4480. The quantitative estimate of drug-likeness (QED) is 0.0122. The lowest BCUT2D eigenvalue weighted by Crippen LogP contribution is -2.10. The summed E-state index contributed by atoms with van der Waals surface area (Å²) in [6.07, 6.45) is 1.62. The smallest absolute Gasteiger partial charge is 0.338 e. The van der Waals surface area contributed by atoms with Gasteiger partial charge in [-0.2, -0.15) is 34.9 Å². The molecule has 0 amide bonds. The number of ether oxygens (including phenoxy) is 5. The zero-order chi connectivity index (χ0) is 75.7. The van der Waals surface area contributed by atoms with E-state index in [1.807, 2.05) is 84.9 Å². The van der Waals surface area contributed by atoms with Crippen molar-refractivity contribution in [1.82, 2.24) is 44.9 Å². The molecule has 9 N–H and O–H groups in total. The fourth-order valence-electron chi connectivity index (χ4n) is 8.29. The van der Waals surface area contributed by atoms with Crippen LogP contribution in [0.1, 0.15) is 66.3 Å². The molecule has 3 heterocycles. The van der Waals surface area contributed by atoms with E-state index in [0.717, 1.165) is 56.6 Å². The summed E-state index contributed by atoms with van der Waals surface area (Å²) >= 11 is 20.8. The first-order chi connectivity index (χ1) is 49.7. The highest BCUT2D eigenvalue weighted by Crippen LogP contribution is 2.25. The van der Waals surface area contributed by atoms with E-state index >= 15 is 0 Å². The van der Waals surface area contributed by atoms with Crippen LogP contribution in [-0.2, 0) is 40.1 Å². The number of allylic oxidation sites excluding steroid dienone is 1. The van der Waals surface area contributed by atoms with E-state index in [1.165, 1.54) is 6.07 Å². The minimum atomic E-state index is -0.494. The van der Waals surface area contributed by atoms with Gasteiger partial charge in [0.25, 0.3) is 0 Å². The van der Waals surface area contributed by atoms with Gasteiger partial charge in [-0.1, -0.05) is 74.3 Å². The highest BCUT2D eigenvalue weighted by Gasteiger charge is 2.15. The molecule has 11 rings (SSSR count). The highest BCUT2D eigenvalue weighted by atomic mass is 35.5. The Labute approximate surface area is 620 Å². The van der Waals surface area contributed by atoms with Crippen molar-refractivity contribution < 1.29 is 53.4 Å². The third-order valence-corrected chi connectivity index (χ3v) is 14.0. The van der Waals surface area contributed by atoms with Crippen molar-refractivity contribution >= 4 is 98.2 Å². The summed E-state index contributed by atoms with van der Waals surface area (Å²) < 4.78 is 26.1. The molecule has 0 aliphatic carbocycles. The van der Waals surface area contributed by atoms with Gasteiger partial charge in [-0.05, 0) is 223 Å². The predicted octanol–water partition coefficient (Wildman–Crippen LogP) is 15.4. The van der Waals surface area contributed by atoms with Crippen molar-refractivity contribution in [2.45, 2.75) is 46.5 Å². The molecule has 0 saturated carbocycles. The molecule has 0 aliphatic heterocycles. The molecular weight excluding hydrogens is 1410 g/mol. The van der Waals surface area contributed by atoms with Crippen molar-refractivity contribution in [3.8, 4) is 46.0 Å². The molecule has 11 aromatic rings. The average molecular weight is 1490 g/mol. The van der Waals surface area contributed by atoms with Crippen molar-refractivity contribution in [3.63, 3.8) is 0 Å². The molecule has 3 aromatic heterocycles. The molecule has 28 heteroatoms. The monoisotopic (exact) mass is 1480 g/mol. The summed E-state index contributed by atoms with van der Waals surface area (Å²) in [5, 5.41) is 34.2. The second kappa shape index (κ2) is 41.5. The maximum absolute atomic E-state index is 12.0. The number of nitrogen functional groups attached to an aromatic ring is 2. The second-order valence-electron chi connectivity index (χ2n) is 21.9. The zero-order valence-corrected chi connectivity index (χ0v) is 60.2. The first-order valence-electron chi connectivity index (χ1n) is 31.0. The Morgan fingerprint density at radius 3 is 0.962 bits per heavy atom. The Balaban J connectivity index is 0.000000232. The van der Waals surface area contributed by atoms with E-state index in [9.17, 15) is 24.6 Å². The highest BCUT2D eigenvalue weighted by molar-refractivity contribution is 6.67. The third-order valence-electron chi connectivity index (χ3n) is 13.2. The van der Waals surface area contributed by atoms with Crippen LogP contribution in [0.25, 0.3) is 0 Å². The van der Waals surface area contributed by atoms with Gasteiger partial charge in [-0.15, -0.1) is 0 Å². The number of phenols is 3. The van der Waals surface area contributed by atoms with Gasteiger partial charge in [-0.25, -0.2) is 19.6 Å². The predicted molar refractivity (Wildman–Crippen MR) is 404 cm³/mol. The maximum atomic E-state index is 12.0. The van der Waals surface area contributed by atoms with E-state index in [2.05, 4.69) is 70.2 Å². The molecule has 0 radical (unpaired) electrons. The molecule has 0 aliphatic rings. The van der Waals surface area contributed by atoms with E-state index in [4.69, 9.17) is 91.6 Å². The van der Waals surface area contributed by atoms with Crippen LogP contribution in [0.4, 0.5) is 34.6 Å². The molecule has 0 fully saturated rings. The lowest BCUT2D eigenvalue weighted by molar-refractivity contribution is -0.130. The molecule has 536 valence electrons. The van der Waals surface area contributed by atoms with Gasteiger partial charge in [0, 0.05) is 71.2 Å². The SMILES string of the molecule is C=C(C)C(=O)Cl.C=C(C)C(=O)Oc1cccc(Cc2nc(Cc3cccc(OC(=O)C(=C)C)c3)nc(Nc3ccc(OC)cc3)n2)c1.COc1ccc(N)cc1.COc1ccc(Nc2nc(Cc3cccc(O)c3)nc(Cc3cccc(O)c3)n2)cc1.Clc1nc(Cl)nc(Cl)n1.Nc1cccc(O)c1. The van der Waals surface area contributed by atoms with Crippen molar-refractivity contribution in [3.05, 3.63) is 292 Å². The van der Waals surface area contributed by atoms with Gasteiger partial charge in [0.15, 0.2) is 0 Å². The zero-order valence-electron chi connectivity index (χ0n) is 57.2. The lowest BCUT2D eigenvalue weighted by atomic mass is 10.1. The van der Waals surface area contributed by atoms with E-state index in [-0.39, 0.29) is 33.1 Å². The second-order valence-corrected chi connectivity index (χ2v) is 23.3. The standard InChI is InChI=1S/C32H30N4O5.C24H22N4O3.C7H9NO.C6H7NO.C4H5ClO.C3Cl3N3/c1-20(2)30(37)40-26-10-6-8-22(16-26)18-28-34-29(19-23-9-7-11-27(17-23)41-31(38)21(3)4)36-32(35-28)33-24-12-14-25(39-5)15-13-24;1-31-21-10-8-18(9-11-21)25-24-27-22(14-16-4-2-6-19(29)12-16)26-23(28-24)15-17-5-3-7-20(30)13-17;1-9-7-4-2-6(8)3-5-7;7-5-2-1-3-6(8)4-5;1-3(2)4(5)6;4-1-7-2(5)9-3(6)8-1/h6-17H,1,3,18-19H2,2,4-5H3,(H,33,34,35,36);2-13,29-30H,14-15H2,1H3,(H,25,26,27,28);2-5H,8H2,1H3;1-4,8H,7H2;1H2,2H3;. The molecule has 0 atom stereocenters. The van der Waals surface area contributed by atoms with Crippen LogP contribution >= 0.6 is 46.4 Å². The number of nitrogens with one attached hydrogen (secondary N) is 2. The number of rotatable bonds is 20. The van der Waals surface area contributed by atoms with Crippen molar-refractivity contribution in [1.29, 1.82) is 0 Å². The van der Waals surface area contributed by atoms with Crippen LogP contribution in [0.5, 0.6) is 46.0 Å². The van der Waals surface area contributed by atoms with E-state index in [0.29, 0.717) is 94.8 Å². The number of halogens is 4. The van der Waals surface area contributed by atoms with Gasteiger partial charge >= 0.3 is 11.9 Å². The number of carbonyl (C=O) groups is 3. The van der Waals surface area contributed by atoms with E-state index in [1.54, 1.807) is 145 Å². The van der Waals surface area contributed by atoms with Crippen LogP contribution in [-0.4, -0.2) is 98.7 Å². The summed E-state index contributed by atoms with van der Waals surface area (Å²) in [6.45, 7) is 15.3. The van der Waals surface area contributed by atoms with Gasteiger partial charge < -0.3 is 61.1 Å². The number of hydrogen-bond donors (Lipinski definition) is 7. The molecule has 0 saturated heterocycles. The fourth-order valence-corrected chi connectivity index (χ4v) is 8.90. The number of nitrogens with two attached hydrogens (primary N) is 2. The summed E-state index contributed by atoms with van der Waals surface area (Å²) in [5.74, 6) is 5.72. The number of benzene rings is 8. The number of methoxy groups -OCH3 is 3. The minimum absolute atomic E-state index is 0.000000000000000444. The molecule has 0 unspecified atom stereocenters. The topological polar surface area (TPSA) is 350 Å². The minimum Gasteiger partial charge on any atom is -0.508 e. The van der Waals surface area contributed by atoms with Crippen LogP contribution < -0.4 is 45.8 Å². The molecule has 24 nitrogen and oxygen atoms in total. The first-order valence-corrected chi connectivity index (χ1v) is 32.5. The number of nitrogens with zero attached hydrogens (tertiary/aromatic N) is 9. The number of esters is 2. The summed E-state index contributed by atoms with van der Waals surface area (Å²) in [5.41, 5.74) is 18.1. The largest absolute Gasteiger partial charge is 0.508 e. The number of phenolic OH excluding ortho intramolecular Hbond substituents is 3. The summed E-state index contributed by atoms with van der Waals surface area (Å²) in [4.78, 5) is 71.8. The molecule has 0 spiro atoms. The molecule has 104 heavy (non-hydrogen) atoms. The first kappa shape index (κ1) is 80.8. The fraction of sp³-hybridized carbons (Fsp3) is 0.132. The molecule has 0 bridgehead atoms. The number of carbonyl (C=O) groups excluding carboxylic acids is 3. The van der Waals surface area contributed by atoms with Gasteiger partial charge in [0.05, 0.1) is 21.3 Å². The van der Waals surface area contributed by atoms with Crippen molar-refractivity contribution in [2.75, 3.05) is 43.4 Å². The molecular formula is C76H73Cl4N13O11. The Kier molecular flexibility index (Phi) is 32.2. The van der Waals surface area contributed by atoms with Crippen LogP contribution in [0.15, 0.2) is 231 Å². The van der Waals surface area contributed by atoms with Crippen LogP contribution in [0, 0.1) is 0 Å². The molecule has 8 aromatic carbocycles.